The van der Waals surface area contributed by atoms with Crippen LogP contribution in [0.1, 0.15) is 2.85 Å². The van der Waals surface area contributed by atoms with Gasteiger partial charge in [-0.25, -0.2) is 0 Å². The Morgan fingerprint density at radius 2 is 1.14 bits per heavy atom. The van der Waals surface area contributed by atoms with E-state index in [0.717, 1.165) is 0 Å². The van der Waals surface area contributed by atoms with Gasteiger partial charge in [-0.2, -0.15) is 0 Å². The van der Waals surface area contributed by atoms with Gasteiger partial charge >= 0.3 is 45.1 Å². The third kappa shape index (κ3) is 87.5. The first-order valence-electron chi connectivity index (χ1n) is 0.775. The molecule has 7 heteroatoms. The molecule has 7 heavy (non-hydrogen) atoms. The van der Waals surface area contributed by atoms with Crippen molar-refractivity contribution in [2.75, 3.05) is 0 Å². The van der Waals surface area contributed by atoms with Gasteiger partial charge < -0.3 is 23.4 Å². The maximum absolute atomic E-state index is 7.17. The van der Waals surface area contributed by atoms with Crippen molar-refractivity contribution in [3.8, 4) is 0 Å². The summed E-state index contributed by atoms with van der Waals surface area (Å²) in [5.74, 6) is 0. The number of hydrogen-bond donors (Lipinski definition) is 3. The van der Waals surface area contributed by atoms with Crippen LogP contribution in [-0.2, 0) is 17.1 Å². The Labute approximate surface area is 84.8 Å². The minimum absolute atomic E-state index is 0. The van der Waals surface area contributed by atoms with E-state index in [1.165, 1.54) is 0 Å². The van der Waals surface area contributed by atoms with Crippen LogP contribution in [0.2, 0.25) is 0 Å². The SMILES string of the molecule is O.OB(O)O.[Ca+2].[H-].[H-].[Mn]. The van der Waals surface area contributed by atoms with E-state index in [2.05, 4.69) is 0 Å². The zero-order chi connectivity index (χ0) is 3.58. The first-order chi connectivity index (χ1) is 1.73. The Balaban J connectivity index is -0.00000000450. The molecule has 1 radical (unpaired) electrons. The summed E-state index contributed by atoms with van der Waals surface area (Å²) in [7, 11) is -2.17. The summed E-state index contributed by atoms with van der Waals surface area (Å²) in [5.41, 5.74) is 0. The maximum Gasteiger partial charge on any atom is 2.00 e. The molecule has 0 aromatic rings. The van der Waals surface area contributed by atoms with Crippen LogP contribution in [0.25, 0.3) is 0 Å². The van der Waals surface area contributed by atoms with E-state index < -0.39 is 7.32 Å². The topological polar surface area (TPSA) is 92.2 Å². The number of hydrogen-bond acceptors (Lipinski definition) is 3. The normalized spacial score (nSPS) is 3.86. The quantitative estimate of drug-likeness (QED) is 0.343. The second-order valence-corrected chi connectivity index (χ2v) is 0.346. The van der Waals surface area contributed by atoms with E-state index in [-0.39, 0.29) is 63.1 Å². The van der Waals surface area contributed by atoms with Crippen LogP contribution < -0.4 is 0 Å². The first-order valence-corrected chi connectivity index (χ1v) is 0.775. The van der Waals surface area contributed by atoms with Crippen molar-refractivity contribution in [1.29, 1.82) is 0 Å². The zero-order valence-corrected chi connectivity index (χ0v) is 6.89. The molecule has 0 amide bonds. The molecule has 0 aromatic heterocycles. The molecule has 4 nitrogen and oxygen atoms in total. The third-order valence-electron chi connectivity index (χ3n) is 0. The van der Waals surface area contributed by atoms with Crippen LogP contribution in [0.3, 0.4) is 0 Å². The van der Waals surface area contributed by atoms with Crippen molar-refractivity contribution in [3.05, 3.63) is 0 Å². The number of rotatable bonds is 0. The summed E-state index contributed by atoms with van der Waals surface area (Å²) < 4.78 is 0. The summed E-state index contributed by atoms with van der Waals surface area (Å²) in [5, 5.41) is 21.5. The van der Waals surface area contributed by atoms with Crippen molar-refractivity contribution in [2.45, 2.75) is 0 Å². The van der Waals surface area contributed by atoms with Crippen LogP contribution in [0.5, 0.6) is 0 Å². The van der Waals surface area contributed by atoms with Crippen LogP contribution in [0.15, 0.2) is 0 Å². The fourth-order valence-corrected chi connectivity index (χ4v) is 0. The van der Waals surface area contributed by atoms with Gasteiger partial charge in [-0.1, -0.05) is 0 Å². The monoisotopic (exact) mass is 177 g/mol. The van der Waals surface area contributed by atoms with Gasteiger partial charge in [0.25, 0.3) is 0 Å². The first kappa shape index (κ1) is 23.4. The van der Waals surface area contributed by atoms with Gasteiger partial charge in [0.2, 0.25) is 0 Å². The standard InChI is InChI=1S/BH3O3.Ca.Mn.H2O.2H/c2-1(3)4;;;;;/h2-4H;;;1H2;;/q;+2;;;2*-1. The largest absolute Gasteiger partial charge is 2.00 e. The smallest absolute Gasteiger partial charge is 1.00 e. The van der Waals surface area contributed by atoms with Gasteiger partial charge in [0.1, 0.15) is 0 Å². The van der Waals surface area contributed by atoms with Gasteiger partial charge in [0, 0.05) is 17.1 Å². The summed E-state index contributed by atoms with van der Waals surface area (Å²) >= 11 is 0. The van der Waals surface area contributed by atoms with Gasteiger partial charge in [0.15, 0.2) is 0 Å². The van der Waals surface area contributed by atoms with E-state index in [1.807, 2.05) is 0 Å². The fourth-order valence-electron chi connectivity index (χ4n) is 0. The predicted molar refractivity (Wildman–Crippen MR) is 24.0 cm³/mol. The minimum Gasteiger partial charge on any atom is -1.00 e. The molecular weight excluding hydrogens is 170 g/mol. The fraction of sp³-hybridized carbons (Fsp3) is 0. The van der Waals surface area contributed by atoms with Crippen LogP contribution in [0, 0.1) is 0 Å². The molecule has 0 aliphatic rings. The van der Waals surface area contributed by atoms with Gasteiger partial charge in [-0.05, 0) is 0 Å². The van der Waals surface area contributed by atoms with Gasteiger partial charge in [-0.15, -0.1) is 0 Å². The molecule has 0 rings (SSSR count). The molecule has 0 fully saturated rings. The molecule has 0 aliphatic carbocycles. The van der Waals surface area contributed by atoms with Gasteiger partial charge in [-0.3, -0.25) is 0 Å². The second-order valence-electron chi connectivity index (χ2n) is 0.346. The van der Waals surface area contributed by atoms with E-state index in [9.17, 15) is 0 Å². The molecule has 0 saturated heterocycles. The second kappa shape index (κ2) is 15.6. The molecule has 43 valence electrons. The predicted octanol–water partition coefficient (Wildman–Crippen LogP) is -3.03. The average Bonchev–Trinajstić information content (AvgIpc) is 0.811. The van der Waals surface area contributed by atoms with E-state index >= 15 is 0 Å². The Bertz CT molecular complexity index is 23.3. The Hall–Kier alpha value is 1.68. The molecule has 0 saturated carbocycles. The maximum atomic E-state index is 7.17. The Morgan fingerprint density at radius 1 is 1.14 bits per heavy atom. The summed E-state index contributed by atoms with van der Waals surface area (Å²) in [4.78, 5) is 0. The van der Waals surface area contributed by atoms with Crippen molar-refractivity contribution in [3.63, 3.8) is 0 Å². The van der Waals surface area contributed by atoms with Crippen LogP contribution in [0.4, 0.5) is 0 Å². The van der Waals surface area contributed by atoms with Crippen LogP contribution in [-0.4, -0.2) is 65.6 Å². The minimum atomic E-state index is -2.17. The van der Waals surface area contributed by atoms with E-state index in [4.69, 9.17) is 15.1 Å². The molecule has 0 bridgehead atoms. The van der Waals surface area contributed by atoms with E-state index in [0.29, 0.717) is 0 Å². The van der Waals surface area contributed by atoms with Gasteiger partial charge in [0.05, 0.1) is 0 Å². The van der Waals surface area contributed by atoms with E-state index in [1.54, 1.807) is 0 Å². The molecule has 0 aromatic carbocycles. The summed E-state index contributed by atoms with van der Waals surface area (Å²) in [6.07, 6.45) is 0. The van der Waals surface area contributed by atoms with Crippen molar-refractivity contribution in [2.24, 2.45) is 0 Å². The molecule has 0 unspecified atom stereocenters. The third-order valence-corrected chi connectivity index (χ3v) is 0. The summed E-state index contributed by atoms with van der Waals surface area (Å²) in [6.45, 7) is 0. The Morgan fingerprint density at radius 3 is 1.14 bits per heavy atom. The molecule has 0 heterocycles. The molecule has 0 spiro atoms. The van der Waals surface area contributed by atoms with Crippen molar-refractivity contribution >= 4 is 45.1 Å². The van der Waals surface area contributed by atoms with Crippen molar-refractivity contribution in [1.82, 2.24) is 0 Å². The van der Waals surface area contributed by atoms with Crippen LogP contribution >= 0.6 is 0 Å². The Kier molecular flexibility index (Phi) is 52.2. The molecule has 0 atom stereocenters. The molecule has 0 aliphatic heterocycles. The molecular formula is H7BCaMnO4. The average molecular weight is 177 g/mol. The van der Waals surface area contributed by atoms with Crippen molar-refractivity contribution < 1.29 is 40.5 Å². The zero-order valence-electron chi connectivity index (χ0n) is 5.50. The molecule has 5 N–H and O–H groups in total. The summed E-state index contributed by atoms with van der Waals surface area (Å²) in [6, 6.07) is 0.